The maximum Gasteiger partial charge on any atom is 0.249 e. The average Bonchev–Trinajstić information content (AvgIpc) is 2.14. The third-order valence-electron chi connectivity index (χ3n) is 2.08. The van der Waals surface area contributed by atoms with Crippen LogP contribution in [0.1, 0.15) is 0 Å². The van der Waals surface area contributed by atoms with E-state index in [1.54, 1.807) is 0 Å². The molecule has 1 heterocycles. The summed E-state index contributed by atoms with van der Waals surface area (Å²) < 4.78 is 9.49. The van der Waals surface area contributed by atoms with E-state index in [0.29, 0.717) is 0 Å². The number of primary amides is 1. The second-order valence-corrected chi connectivity index (χ2v) is 3.03. The number of hydrogen-bond acceptors (Lipinski definition) is 6. The molecule has 7 heteroatoms. The van der Waals surface area contributed by atoms with Crippen LogP contribution in [0, 0.1) is 0 Å². The van der Waals surface area contributed by atoms with Gasteiger partial charge in [0.05, 0.1) is 0 Å². The van der Waals surface area contributed by atoms with Crippen LogP contribution in [-0.4, -0.2) is 59.0 Å². The van der Waals surface area contributed by atoms with Gasteiger partial charge in [-0.1, -0.05) is 0 Å². The molecular weight excluding hydrogens is 194 g/mol. The van der Waals surface area contributed by atoms with Crippen molar-refractivity contribution in [2.45, 2.75) is 30.7 Å². The lowest BCUT2D eigenvalue weighted by molar-refractivity contribution is -0.283. The maximum atomic E-state index is 10.8. The summed E-state index contributed by atoms with van der Waals surface area (Å²) in [6, 6.07) is 0. The van der Waals surface area contributed by atoms with Crippen molar-refractivity contribution in [1.82, 2.24) is 0 Å². The summed E-state index contributed by atoms with van der Waals surface area (Å²) >= 11 is 0. The molecule has 0 spiro atoms. The predicted molar refractivity (Wildman–Crippen MR) is 42.9 cm³/mol. The van der Waals surface area contributed by atoms with E-state index in [2.05, 4.69) is 4.74 Å². The standard InChI is InChI=1S/C7H13NO6/c1-13-7-4(11)2(9)3(10)5(14-7)6(8)12/h2-5,7,9-11H,1H3,(H2,8,12)/t2-,3-,4-,5-,7-/m0/s1. The number of carbonyl (C=O) groups excluding carboxylic acids is 1. The molecule has 82 valence electrons. The lowest BCUT2D eigenvalue weighted by Crippen LogP contribution is -2.61. The van der Waals surface area contributed by atoms with Crippen LogP contribution in [-0.2, 0) is 14.3 Å². The van der Waals surface area contributed by atoms with E-state index in [1.165, 1.54) is 7.11 Å². The molecule has 0 aromatic rings. The van der Waals surface area contributed by atoms with Crippen LogP contribution in [0.25, 0.3) is 0 Å². The van der Waals surface area contributed by atoms with E-state index >= 15 is 0 Å². The zero-order valence-electron chi connectivity index (χ0n) is 7.53. The molecule has 0 aliphatic carbocycles. The van der Waals surface area contributed by atoms with Crippen molar-refractivity contribution in [3.05, 3.63) is 0 Å². The van der Waals surface area contributed by atoms with Gasteiger partial charge in [0.15, 0.2) is 12.4 Å². The zero-order valence-corrected chi connectivity index (χ0v) is 7.53. The normalized spacial score (nSPS) is 43.6. The highest BCUT2D eigenvalue weighted by Crippen LogP contribution is 2.21. The van der Waals surface area contributed by atoms with Crippen LogP contribution in [0.3, 0.4) is 0 Å². The molecule has 5 N–H and O–H groups in total. The largest absolute Gasteiger partial charge is 0.387 e. The fourth-order valence-electron chi connectivity index (χ4n) is 1.28. The minimum absolute atomic E-state index is 0.925. The van der Waals surface area contributed by atoms with Gasteiger partial charge in [-0.05, 0) is 0 Å². The van der Waals surface area contributed by atoms with Crippen LogP contribution < -0.4 is 5.73 Å². The number of carbonyl (C=O) groups is 1. The van der Waals surface area contributed by atoms with Gasteiger partial charge in [-0.3, -0.25) is 4.79 Å². The van der Waals surface area contributed by atoms with Crippen molar-refractivity contribution in [3.63, 3.8) is 0 Å². The van der Waals surface area contributed by atoms with E-state index < -0.39 is 36.6 Å². The Bertz CT molecular complexity index is 220. The number of methoxy groups -OCH3 is 1. The third-order valence-corrected chi connectivity index (χ3v) is 2.08. The fraction of sp³-hybridized carbons (Fsp3) is 0.857. The highest BCUT2D eigenvalue weighted by molar-refractivity contribution is 5.79. The Labute approximate surface area is 80.0 Å². The van der Waals surface area contributed by atoms with Crippen LogP contribution in [0.2, 0.25) is 0 Å². The molecule has 0 bridgehead atoms. The van der Waals surface area contributed by atoms with Crippen LogP contribution in [0.4, 0.5) is 0 Å². The average molecular weight is 207 g/mol. The molecule has 1 rings (SSSR count). The van der Waals surface area contributed by atoms with Gasteiger partial charge in [0.25, 0.3) is 0 Å². The smallest absolute Gasteiger partial charge is 0.249 e. The van der Waals surface area contributed by atoms with E-state index in [9.17, 15) is 20.1 Å². The number of aliphatic hydroxyl groups excluding tert-OH is 3. The number of hydrogen-bond donors (Lipinski definition) is 4. The first kappa shape index (κ1) is 11.3. The van der Waals surface area contributed by atoms with Gasteiger partial charge in [-0.25, -0.2) is 0 Å². The quantitative estimate of drug-likeness (QED) is 0.381. The number of amides is 1. The Balaban J connectivity index is 2.78. The van der Waals surface area contributed by atoms with Gasteiger partial charge >= 0.3 is 0 Å². The van der Waals surface area contributed by atoms with Crippen LogP contribution >= 0.6 is 0 Å². The molecule has 0 aromatic carbocycles. The zero-order chi connectivity index (χ0) is 10.9. The molecule has 0 saturated carbocycles. The number of rotatable bonds is 2. The summed E-state index contributed by atoms with van der Waals surface area (Å²) in [6.45, 7) is 0. The van der Waals surface area contributed by atoms with E-state index in [-0.39, 0.29) is 0 Å². The summed E-state index contributed by atoms with van der Waals surface area (Å²) in [5.74, 6) is -0.925. The third kappa shape index (κ3) is 1.86. The summed E-state index contributed by atoms with van der Waals surface area (Å²) in [6.07, 6.45) is -7.03. The topological polar surface area (TPSA) is 122 Å². The van der Waals surface area contributed by atoms with Crippen LogP contribution in [0.15, 0.2) is 0 Å². The molecule has 5 atom stereocenters. The van der Waals surface area contributed by atoms with Crippen molar-refractivity contribution in [2.24, 2.45) is 5.73 Å². The highest BCUT2D eigenvalue weighted by Gasteiger charge is 2.46. The van der Waals surface area contributed by atoms with Gasteiger partial charge in [0.1, 0.15) is 18.3 Å². The molecule has 1 amide bonds. The SMILES string of the molecule is CO[C@H]1O[C@H](C(N)=O)[C@@H](O)[C@H](O)[C@@H]1O. The Kier molecular flexibility index (Phi) is 3.40. The molecule has 1 aliphatic rings. The minimum Gasteiger partial charge on any atom is -0.387 e. The van der Waals surface area contributed by atoms with E-state index in [4.69, 9.17) is 10.5 Å². The van der Waals surface area contributed by atoms with Crippen molar-refractivity contribution < 1.29 is 29.6 Å². The van der Waals surface area contributed by atoms with Crippen molar-refractivity contribution in [2.75, 3.05) is 7.11 Å². The first-order valence-electron chi connectivity index (χ1n) is 4.00. The first-order chi connectivity index (χ1) is 6.49. The number of aliphatic hydroxyl groups is 3. The molecule has 1 fully saturated rings. The minimum atomic E-state index is -1.55. The van der Waals surface area contributed by atoms with Crippen molar-refractivity contribution >= 4 is 5.91 Å². The van der Waals surface area contributed by atoms with Crippen molar-refractivity contribution in [3.8, 4) is 0 Å². The molecule has 14 heavy (non-hydrogen) atoms. The van der Waals surface area contributed by atoms with Gasteiger partial charge in [-0.15, -0.1) is 0 Å². The fourth-order valence-corrected chi connectivity index (χ4v) is 1.28. The van der Waals surface area contributed by atoms with Crippen molar-refractivity contribution in [1.29, 1.82) is 0 Å². The molecule has 1 aliphatic heterocycles. The lowest BCUT2D eigenvalue weighted by atomic mass is 9.98. The van der Waals surface area contributed by atoms with Gasteiger partial charge in [0.2, 0.25) is 5.91 Å². The highest BCUT2D eigenvalue weighted by atomic mass is 16.7. The summed E-state index contributed by atoms with van der Waals surface area (Å²) in [5.41, 5.74) is 4.91. The van der Waals surface area contributed by atoms with Crippen LogP contribution in [0.5, 0.6) is 0 Å². The lowest BCUT2D eigenvalue weighted by Gasteiger charge is -2.38. The Morgan fingerprint density at radius 2 is 1.86 bits per heavy atom. The maximum absolute atomic E-state index is 10.8. The number of ether oxygens (including phenoxy) is 2. The second-order valence-electron chi connectivity index (χ2n) is 3.03. The van der Waals surface area contributed by atoms with E-state index in [0.717, 1.165) is 0 Å². The Morgan fingerprint density at radius 3 is 2.29 bits per heavy atom. The molecule has 0 unspecified atom stereocenters. The summed E-state index contributed by atoms with van der Waals surface area (Å²) in [4.78, 5) is 10.8. The molecule has 0 aromatic heterocycles. The monoisotopic (exact) mass is 207 g/mol. The van der Waals surface area contributed by atoms with Gasteiger partial charge in [-0.2, -0.15) is 0 Å². The summed E-state index contributed by atoms with van der Waals surface area (Å²) in [5, 5.41) is 27.9. The molecule has 1 saturated heterocycles. The molecular formula is C7H13NO6. The Morgan fingerprint density at radius 1 is 1.29 bits per heavy atom. The summed E-state index contributed by atoms with van der Waals surface area (Å²) in [7, 11) is 1.23. The van der Waals surface area contributed by atoms with E-state index in [1.807, 2.05) is 0 Å². The van der Waals surface area contributed by atoms with Gasteiger partial charge in [0, 0.05) is 7.11 Å². The predicted octanol–water partition coefficient (Wildman–Crippen LogP) is -3.07. The Hall–Kier alpha value is -0.730. The second kappa shape index (κ2) is 4.20. The molecule has 0 radical (unpaired) electrons. The van der Waals surface area contributed by atoms with Gasteiger partial charge < -0.3 is 30.5 Å². The number of nitrogens with two attached hydrogens (primary N) is 1. The molecule has 7 nitrogen and oxygen atoms in total. The first-order valence-corrected chi connectivity index (χ1v) is 4.00.